The Hall–Kier alpha value is -3.84. The number of ether oxygens (including phenoxy) is 2. The first-order valence-electron chi connectivity index (χ1n) is 12.4. The van der Waals surface area contributed by atoms with Gasteiger partial charge in [0.25, 0.3) is 5.91 Å². The summed E-state index contributed by atoms with van der Waals surface area (Å²) in [5, 5.41) is 6.10. The van der Waals surface area contributed by atoms with Gasteiger partial charge in [0, 0.05) is 44.4 Å². The maximum atomic E-state index is 13.5. The lowest BCUT2D eigenvalue weighted by molar-refractivity contribution is -0.118. The van der Waals surface area contributed by atoms with Crippen LogP contribution in [-0.4, -0.2) is 44.7 Å². The van der Waals surface area contributed by atoms with E-state index in [2.05, 4.69) is 22.8 Å². The Labute approximate surface area is 211 Å². The molecule has 2 aliphatic heterocycles. The SMILES string of the molecule is CC(=O)NCCNCc1ccc(C(=O)N2CCc3c(-c4ccc5c(c4)OCCO5)cccc32)cc1C. The van der Waals surface area contributed by atoms with Crippen molar-refractivity contribution in [1.29, 1.82) is 0 Å². The molecule has 3 aromatic carbocycles. The highest BCUT2D eigenvalue weighted by Crippen LogP contribution is 2.40. The Morgan fingerprint density at radius 2 is 1.81 bits per heavy atom. The number of carbonyl (C=O) groups excluding carboxylic acids is 2. The molecule has 0 spiro atoms. The molecule has 36 heavy (non-hydrogen) atoms. The first-order chi connectivity index (χ1) is 17.5. The highest BCUT2D eigenvalue weighted by molar-refractivity contribution is 6.08. The molecular formula is C29H31N3O4. The number of nitrogens with zero attached hydrogens (tertiary/aromatic N) is 1. The molecule has 2 N–H and O–H groups in total. The van der Waals surface area contributed by atoms with Gasteiger partial charge in [0.1, 0.15) is 13.2 Å². The second-order valence-electron chi connectivity index (χ2n) is 9.17. The highest BCUT2D eigenvalue weighted by atomic mass is 16.6. The average Bonchev–Trinajstić information content (AvgIpc) is 3.33. The van der Waals surface area contributed by atoms with Gasteiger partial charge < -0.3 is 25.0 Å². The quantitative estimate of drug-likeness (QED) is 0.497. The minimum atomic E-state index is -0.0299. The fraction of sp³-hybridized carbons (Fsp3) is 0.310. The number of hydrogen-bond acceptors (Lipinski definition) is 5. The van der Waals surface area contributed by atoms with Crippen LogP contribution in [0.3, 0.4) is 0 Å². The maximum Gasteiger partial charge on any atom is 0.258 e. The molecule has 7 heteroatoms. The van der Waals surface area contributed by atoms with Crippen molar-refractivity contribution in [3.05, 3.63) is 76.9 Å². The lowest BCUT2D eigenvalue weighted by Crippen LogP contribution is -2.30. The summed E-state index contributed by atoms with van der Waals surface area (Å²) in [5.41, 5.74) is 7.22. The lowest BCUT2D eigenvalue weighted by Gasteiger charge is -2.20. The summed E-state index contributed by atoms with van der Waals surface area (Å²) in [6, 6.07) is 18.1. The number of hydrogen-bond donors (Lipinski definition) is 2. The summed E-state index contributed by atoms with van der Waals surface area (Å²) in [5.74, 6) is 1.53. The Morgan fingerprint density at radius 3 is 2.61 bits per heavy atom. The third kappa shape index (κ3) is 4.93. The number of aryl methyl sites for hydroxylation is 1. The van der Waals surface area contributed by atoms with Crippen molar-refractivity contribution >= 4 is 17.5 Å². The van der Waals surface area contributed by atoms with E-state index in [1.807, 2.05) is 54.3 Å². The zero-order chi connectivity index (χ0) is 25.1. The van der Waals surface area contributed by atoms with Gasteiger partial charge in [-0.15, -0.1) is 0 Å². The summed E-state index contributed by atoms with van der Waals surface area (Å²) in [7, 11) is 0. The Balaban J connectivity index is 1.31. The number of amides is 2. The van der Waals surface area contributed by atoms with Crippen molar-refractivity contribution < 1.29 is 19.1 Å². The van der Waals surface area contributed by atoms with Gasteiger partial charge in [-0.2, -0.15) is 0 Å². The van der Waals surface area contributed by atoms with Crippen LogP contribution in [-0.2, 0) is 17.8 Å². The van der Waals surface area contributed by atoms with Crippen LogP contribution in [0.2, 0.25) is 0 Å². The van der Waals surface area contributed by atoms with Gasteiger partial charge in [-0.25, -0.2) is 0 Å². The van der Waals surface area contributed by atoms with Crippen LogP contribution in [0.4, 0.5) is 5.69 Å². The van der Waals surface area contributed by atoms with E-state index in [9.17, 15) is 9.59 Å². The zero-order valence-electron chi connectivity index (χ0n) is 20.7. The second-order valence-corrected chi connectivity index (χ2v) is 9.17. The van der Waals surface area contributed by atoms with Crippen LogP contribution in [0.5, 0.6) is 11.5 Å². The molecule has 0 radical (unpaired) electrons. The summed E-state index contributed by atoms with van der Waals surface area (Å²) < 4.78 is 11.4. The molecule has 2 heterocycles. The normalized spacial score (nSPS) is 13.9. The van der Waals surface area contributed by atoms with Crippen LogP contribution in [0.1, 0.15) is 34.0 Å². The molecule has 0 saturated carbocycles. The molecule has 2 amide bonds. The maximum absolute atomic E-state index is 13.5. The zero-order valence-corrected chi connectivity index (χ0v) is 20.7. The van der Waals surface area contributed by atoms with Crippen LogP contribution in [0.25, 0.3) is 11.1 Å². The fourth-order valence-electron chi connectivity index (χ4n) is 4.86. The molecule has 186 valence electrons. The number of carbonyl (C=O) groups is 2. The Kier molecular flexibility index (Phi) is 6.91. The van der Waals surface area contributed by atoms with Gasteiger partial charge in [0.15, 0.2) is 11.5 Å². The van der Waals surface area contributed by atoms with Gasteiger partial charge in [-0.05, 0) is 71.5 Å². The molecule has 2 aliphatic rings. The van der Waals surface area contributed by atoms with E-state index >= 15 is 0 Å². The largest absolute Gasteiger partial charge is 0.486 e. The van der Waals surface area contributed by atoms with Gasteiger partial charge in [0.2, 0.25) is 5.91 Å². The predicted molar refractivity (Wildman–Crippen MR) is 140 cm³/mol. The summed E-state index contributed by atoms with van der Waals surface area (Å²) in [6.45, 7) is 7.28. The second kappa shape index (κ2) is 10.4. The molecule has 0 aliphatic carbocycles. The molecule has 5 rings (SSSR count). The van der Waals surface area contributed by atoms with Crippen molar-refractivity contribution in [3.8, 4) is 22.6 Å². The lowest BCUT2D eigenvalue weighted by atomic mass is 9.97. The van der Waals surface area contributed by atoms with E-state index in [-0.39, 0.29) is 11.8 Å². The molecule has 0 aromatic heterocycles. The molecule has 3 aromatic rings. The van der Waals surface area contributed by atoms with Crippen LogP contribution >= 0.6 is 0 Å². The number of nitrogens with one attached hydrogen (secondary N) is 2. The third-order valence-corrected chi connectivity index (χ3v) is 6.71. The standard InChI is InChI=1S/C29H31N3O4/c1-19-16-22(6-7-23(19)18-30-11-12-31-20(2)33)29(34)32-13-10-25-24(4-3-5-26(25)32)21-8-9-27-28(17-21)36-15-14-35-27/h3-9,16-17,30H,10-15,18H2,1-2H3,(H,31,33). The van der Waals surface area contributed by atoms with E-state index in [4.69, 9.17) is 9.47 Å². The van der Waals surface area contributed by atoms with Crippen molar-refractivity contribution in [2.24, 2.45) is 0 Å². The van der Waals surface area contributed by atoms with E-state index in [1.54, 1.807) is 0 Å². The van der Waals surface area contributed by atoms with E-state index in [1.165, 1.54) is 12.5 Å². The molecule has 0 unspecified atom stereocenters. The van der Waals surface area contributed by atoms with Crippen molar-refractivity contribution in [1.82, 2.24) is 10.6 Å². The van der Waals surface area contributed by atoms with E-state index in [0.717, 1.165) is 45.9 Å². The molecule has 0 fully saturated rings. The van der Waals surface area contributed by atoms with Gasteiger partial charge >= 0.3 is 0 Å². The third-order valence-electron chi connectivity index (χ3n) is 6.71. The average molecular weight is 486 g/mol. The predicted octanol–water partition coefficient (Wildman–Crippen LogP) is 3.86. The van der Waals surface area contributed by atoms with Crippen LogP contribution < -0.4 is 25.0 Å². The van der Waals surface area contributed by atoms with Crippen molar-refractivity contribution in [2.75, 3.05) is 37.7 Å². The Morgan fingerprint density at radius 1 is 0.972 bits per heavy atom. The summed E-state index contributed by atoms with van der Waals surface area (Å²) >= 11 is 0. The smallest absolute Gasteiger partial charge is 0.258 e. The van der Waals surface area contributed by atoms with Gasteiger partial charge in [0.05, 0.1) is 0 Å². The number of benzene rings is 3. The van der Waals surface area contributed by atoms with Crippen molar-refractivity contribution in [3.63, 3.8) is 0 Å². The summed E-state index contributed by atoms with van der Waals surface area (Å²) in [4.78, 5) is 26.4. The number of fused-ring (bicyclic) bond motifs is 2. The van der Waals surface area contributed by atoms with Crippen LogP contribution in [0.15, 0.2) is 54.6 Å². The number of rotatable bonds is 7. The monoisotopic (exact) mass is 485 g/mol. The van der Waals surface area contributed by atoms with Gasteiger partial charge in [-0.1, -0.05) is 24.3 Å². The first-order valence-corrected chi connectivity index (χ1v) is 12.4. The summed E-state index contributed by atoms with van der Waals surface area (Å²) in [6.07, 6.45) is 0.807. The van der Waals surface area contributed by atoms with E-state index in [0.29, 0.717) is 45.0 Å². The highest BCUT2D eigenvalue weighted by Gasteiger charge is 2.28. The number of anilines is 1. The molecule has 7 nitrogen and oxygen atoms in total. The fourth-order valence-corrected chi connectivity index (χ4v) is 4.86. The molecule has 0 bridgehead atoms. The topological polar surface area (TPSA) is 79.9 Å². The molecule has 0 atom stereocenters. The molecule has 0 saturated heterocycles. The van der Waals surface area contributed by atoms with Crippen LogP contribution in [0, 0.1) is 6.92 Å². The van der Waals surface area contributed by atoms with E-state index < -0.39 is 0 Å². The minimum absolute atomic E-state index is 0.0151. The van der Waals surface area contributed by atoms with Gasteiger partial charge in [-0.3, -0.25) is 9.59 Å². The van der Waals surface area contributed by atoms with Crippen molar-refractivity contribution in [2.45, 2.75) is 26.8 Å². The first kappa shape index (κ1) is 23.9. The Bertz CT molecular complexity index is 1300. The minimum Gasteiger partial charge on any atom is -0.486 e. The molecular weight excluding hydrogens is 454 g/mol.